The molecule has 0 bridgehead atoms. The minimum absolute atomic E-state index is 0.530. The summed E-state index contributed by atoms with van der Waals surface area (Å²) in [6, 6.07) is 0. The van der Waals surface area contributed by atoms with Crippen LogP contribution >= 0.6 is 15.9 Å². The molecule has 0 aromatic carbocycles. The highest BCUT2D eigenvalue weighted by Crippen LogP contribution is 2.03. The van der Waals surface area contributed by atoms with Gasteiger partial charge in [0.05, 0.1) is 0 Å². The van der Waals surface area contributed by atoms with Crippen LogP contribution in [0.3, 0.4) is 0 Å². The molecule has 13 heavy (non-hydrogen) atoms. The molecule has 0 N–H and O–H groups in total. The molecular weight excluding hydrogens is 234 g/mol. The lowest BCUT2D eigenvalue weighted by molar-refractivity contribution is 0.803. The molecule has 0 unspecified atom stereocenters. The molecule has 66 valence electrons. The Kier molecular flexibility index (Phi) is 2.31. The van der Waals surface area contributed by atoms with Crippen LogP contribution in [0.2, 0.25) is 0 Å². The number of alkyl halides is 1. The normalized spacial score (nSPS) is 10.2. The zero-order valence-corrected chi connectivity index (χ0v) is 8.22. The number of hydrogen-bond acceptors (Lipinski definition) is 4. The van der Waals surface area contributed by atoms with Gasteiger partial charge < -0.3 is 0 Å². The first-order valence-corrected chi connectivity index (χ1v) is 4.74. The van der Waals surface area contributed by atoms with Gasteiger partial charge in [-0.05, 0) is 5.56 Å². The van der Waals surface area contributed by atoms with Crippen molar-refractivity contribution in [2.24, 2.45) is 0 Å². The van der Waals surface area contributed by atoms with Crippen molar-refractivity contribution in [3.63, 3.8) is 0 Å². The van der Waals surface area contributed by atoms with Gasteiger partial charge in [0.2, 0.25) is 0 Å². The van der Waals surface area contributed by atoms with Crippen molar-refractivity contribution in [1.82, 2.24) is 24.7 Å². The van der Waals surface area contributed by atoms with E-state index in [1.54, 1.807) is 18.7 Å². The molecule has 0 aliphatic rings. The van der Waals surface area contributed by atoms with Crippen LogP contribution in [-0.4, -0.2) is 24.7 Å². The smallest absolute Gasteiger partial charge is 0.223 e. The Balaban J connectivity index is 2.33. The van der Waals surface area contributed by atoms with Crippen molar-refractivity contribution >= 4 is 15.9 Å². The van der Waals surface area contributed by atoms with Crippen LogP contribution in [0.5, 0.6) is 0 Å². The molecule has 2 heterocycles. The van der Waals surface area contributed by atoms with Crippen molar-refractivity contribution in [2.75, 3.05) is 0 Å². The average molecular weight is 240 g/mol. The molecule has 2 rings (SSSR count). The second kappa shape index (κ2) is 3.61. The Labute approximate surface area is 83.0 Å². The Hall–Kier alpha value is -1.30. The van der Waals surface area contributed by atoms with Gasteiger partial charge in [-0.25, -0.2) is 15.0 Å². The number of nitrogens with zero attached hydrogens (tertiary/aromatic N) is 5. The first-order valence-electron chi connectivity index (χ1n) is 3.62. The third kappa shape index (κ3) is 1.72. The van der Waals surface area contributed by atoms with E-state index in [1.165, 1.54) is 11.0 Å². The van der Waals surface area contributed by atoms with Crippen molar-refractivity contribution in [1.29, 1.82) is 0 Å². The Bertz CT molecular complexity index is 368. The van der Waals surface area contributed by atoms with Crippen LogP contribution < -0.4 is 0 Å². The van der Waals surface area contributed by atoms with E-state index in [1.807, 2.05) is 0 Å². The van der Waals surface area contributed by atoms with Gasteiger partial charge >= 0.3 is 0 Å². The highest BCUT2D eigenvalue weighted by Gasteiger charge is 1.99. The highest BCUT2D eigenvalue weighted by molar-refractivity contribution is 9.08. The molecule has 0 spiro atoms. The summed E-state index contributed by atoms with van der Waals surface area (Å²) in [6.07, 6.45) is 6.50. The summed E-state index contributed by atoms with van der Waals surface area (Å²) in [7, 11) is 0. The zero-order valence-electron chi connectivity index (χ0n) is 6.63. The maximum atomic E-state index is 4.11. The third-order valence-electron chi connectivity index (χ3n) is 1.47. The van der Waals surface area contributed by atoms with Gasteiger partial charge in [-0.2, -0.15) is 9.78 Å². The van der Waals surface area contributed by atoms with Crippen molar-refractivity contribution < 1.29 is 0 Å². The molecule has 5 nitrogen and oxygen atoms in total. The Morgan fingerprint density at radius 1 is 1.31 bits per heavy atom. The second-order valence-electron chi connectivity index (χ2n) is 2.36. The van der Waals surface area contributed by atoms with E-state index < -0.39 is 0 Å². The van der Waals surface area contributed by atoms with E-state index in [4.69, 9.17) is 0 Å². The van der Waals surface area contributed by atoms with Gasteiger partial charge in [0, 0.05) is 17.7 Å². The summed E-state index contributed by atoms with van der Waals surface area (Å²) in [4.78, 5) is 12.0. The number of rotatable bonds is 2. The fourth-order valence-corrected chi connectivity index (χ4v) is 1.14. The molecule has 2 aromatic rings. The standard InChI is InChI=1S/C7H6BrN5/c8-1-6-2-10-7(11-3-6)13-5-9-4-12-13/h2-5H,1H2. The predicted octanol–water partition coefficient (Wildman–Crippen LogP) is 0.952. The first-order chi connectivity index (χ1) is 6.40. The number of aromatic nitrogens is 5. The molecule has 0 aliphatic carbocycles. The third-order valence-corrected chi connectivity index (χ3v) is 2.12. The molecular formula is C7H6BrN5. The summed E-state index contributed by atoms with van der Waals surface area (Å²) >= 11 is 3.32. The van der Waals surface area contributed by atoms with E-state index >= 15 is 0 Å². The summed E-state index contributed by atoms with van der Waals surface area (Å²) in [5.74, 6) is 0.530. The minimum Gasteiger partial charge on any atom is -0.223 e. The lowest BCUT2D eigenvalue weighted by Crippen LogP contribution is -2.01. The molecule has 0 radical (unpaired) electrons. The van der Waals surface area contributed by atoms with Gasteiger partial charge in [0.1, 0.15) is 12.7 Å². The molecule has 0 fully saturated rings. The second-order valence-corrected chi connectivity index (χ2v) is 2.93. The van der Waals surface area contributed by atoms with Crippen LogP contribution in [-0.2, 0) is 5.33 Å². The van der Waals surface area contributed by atoms with Crippen LogP contribution in [0.4, 0.5) is 0 Å². The summed E-state index contributed by atoms with van der Waals surface area (Å²) in [5.41, 5.74) is 1.03. The first kappa shape index (κ1) is 8.31. The predicted molar refractivity (Wildman–Crippen MR) is 49.6 cm³/mol. The summed E-state index contributed by atoms with van der Waals surface area (Å²) < 4.78 is 1.51. The molecule has 0 saturated carbocycles. The molecule has 0 saturated heterocycles. The molecule has 6 heteroatoms. The van der Waals surface area contributed by atoms with Crippen LogP contribution in [0.25, 0.3) is 5.95 Å². The highest BCUT2D eigenvalue weighted by atomic mass is 79.9. The maximum Gasteiger partial charge on any atom is 0.251 e. The minimum atomic E-state index is 0.530. The van der Waals surface area contributed by atoms with Gasteiger partial charge in [0.25, 0.3) is 5.95 Å². The molecule has 0 amide bonds. The summed E-state index contributed by atoms with van der Waals surface area (Å²) in [5, 5.41) is 4.67. The van der Waals surface area contributed by atoms with Crippen LogP contribution in [0, 0.1) is 0 Å². The van der Waals surface area contributed by atoms with E-state index in [0.29, 0.717) is 5.95 Å². The maximum absolute atomic E-state index is 4.11. The quantitative estimate of drug-likeness (QED) is 0.733. The largest absolute Gasteiger partial charge is 0.251 e. The fraction of sp³-hybridized carbons (Fsp3) is 0.143. The summed E-state index contributed by atoms with van der Waals surface area (Å²) in [6.45, 7) is 0. The van der Waals surface area contributed by atoms with E-state index in [9.17, 15) is 0 Å². The van der Waals surface area contributed by atoms with Crippen molar-refractivity contribution in [3.05, 3.63) is 30.6 Å². The SMILES string of the molecule is BrCc1cnc(-n2cncn2)nc1. The van der Waals surface area contributed by atoms with Gasteiger partial charge in [0.15, 0.2) is 0 Å². The number of hydrogen-bond donors (Lipinski definition) is 0. The Morgan fingerprint density at radius 3 is 2.62 bits per heavy atom. The molecule has 0 atom stereocenters. The fourth-order valence-electron chi connectivity index (χ4n) is 0.847. The lowest BCUT2D eigenvalue weighted by atomic mass is 10.4. The van der Waals surface area contributed by atoms with Gasteiger partial charge in [-0.3, -0.25) is 0 Å². The average Bonchev–Trinajstić information content (AvgIpc) is 2.71. The topological polar surface area (TPSA) is 56.5 Å². The van der Waals surface area contributed by atoms with E-state index in [0.717, 1.165) is 10.9 Å². The van der Waals surface area contributed by atoms with E-state index in [-0.39, 0.29) is 0 Å². The molecule has 2 aromatic heterocycles. The van der Waals surface area contributed by atoms with Crippen LogP contribution in [0.15, 0.2) is 25.0 Å². The van der Waals surface area contributed by atoms with Crippen LogP contribution in [0.1, 0.15) is 5.56 Å². The van der Waals surface area contributed by atoms with E-state index in [2.05, 4.69) is 36.0 Å². The number of halogens is 1. The lowest BCUT2D eigenvalue weighted by Gasteiger charge is -1.97. The zero-order chi connectivity index (χ0) is 9.10. The van der Waals surface area contributed by atoms with Crippen molar-refractivity contribution in [2.45, 2.75) is 5.33 Å². The van der Waals surface area contributed by atoms with Gasteiger partial charge in [-0.15, -0.1) is 0 Å². The Morgan fingerprint density at radius 2 is 2.08 bits per heavy atom. The monoisotopic (exact) mass is 239 g/mol. The van der Waals surface area contributed by atoms with Crippen molar-refractivity contribution in [3.8, 4) is 5.95 Å². The van der Waals surface area contributed by atoms with Gasteiger partial charge in [-0.1, -0.05) is 15.9 Å². The molecule has 0 aliphatic heterocycles.